The van der Waals surface area contributed by atoms with E-state index in [1.54, 1.807) is 0 Å². The highest BCUT2D eigenvalue weighted by Gasteiger charge is 2.11. The van der Waals surface area contributed by atoms with Crippen LogP contribution in [0.25, 0.3) is 11.1 Å². The van der Waals surface area contributed by atoms with Crippen LogP contribution in [0.2, 0.25) is 0 Å². The van der Waals surface area contributed by atoms with Gasteiger partial charge in [0, 0.05) is 18.3 Å². The lowest BCUT2D eigenvalue weighted by atomic mass is 9.99. The Kier molecular flexibility index (Phi) is 4.15. The summed E-state index contributed by atoms with van der Waals surface area (Å²) < 4.78 is 2.00. The molecule has 1 aromatic carbocycles. The van der Waals surface area contributed by atoms with Crippen molar-refractivity contribution in [3.8, 4) is 11.1 Å². The molecule has 0 aliphatic heterocycles. The number of hydrogen-bond donors (Lipinski definition) is 1. The molecule has 0 aliphatic rings. The lowest BCUT2D eigenvalue weighted by Gasteiger charge is -2.08. The summed E-state index contributed by atoms with van der Waals surface area (Å²) in [6, 6.07) is 8.50. The predicted octanol–water partition coefficient (Wildman–Crippen LogP) is 2.55. The average Bonchev–Trinajstić information content (AvgIpc) is 2.72. The van der Waals surface area contributed by atoms with Crippen LogP contribution in [-0.2, 0) is 13.5 Å². The van der Waals surface area contributed by atoms with Gasteiger partial charge in [-0.15, -0.1) is 0 Å². The van der Waals surface area contributed by atoms with Crippen molar-refractivity contribution in [2.24, 2.45) is 7.05 Å². The standard InChI is InChI=1S/C15H21N3/c1-12-7-4-5-8-13(12)14-11-17-18(3)15(14)9-6-10-16-2/h4-5,7-8,11,16H,6,9-10H2,1-3H3. The third kappa shape index (κ3) is 2.62. The van der Waals surface area contributed by atoms with Crippen LogP contribution in [0.4, 0.5) is 0 Å². The Bertz CT molecular complexity index is 514. The van der Waals surface area contributed by atoms with Crippen LogP contribution in [0, 0.1) is 6.92 Å². The first-order valence-electron chi connectivity index (χ1n) is 6.45. The van der Waals surface area contributed by atoms with Crippen molar-refractivity contribution in [3.05, 3.63) is 41.7 Å². The SMILES string of the molecule is CNCCCc1c(-c2ccccc2C)cnn1C. The molecule has 0 amide bonds. The van der Waals surface area contributed by atoms with Gasteiger partial charge in [0.2, 0.25) is 0 Å². The Labute approximate surface area is 109 Å². The number of nitrogens with zero attached hydrogens (tertiary/aromatic N) is 2. The van der Waals surface area contributed by atoms with Crippen molar-refractivity contribution in [1.29, 1.82) is 0 Å². The third-order valence-electron chi connectivity index (χ3n) is 3.34. The first-order valence-corrected chi connectivity index (χ1v) is 6.45. The number of aromatic nitrogens is 2. The largest absolute Gasteiger partial charge is 0.320 e. The molecule has 18 heavy (non-hydrogen) atoms. The molecule has 2 aromatic rings. The number of benzene rings is 1. The topological polar surface area (TPSA) is 29.9 Å². The fourth-order valence-corrected chi connectivity index (χ4v) is 2.29. The van der Waals surface area contributed by atoms with E-state index in [0.717, 1.165) is 19.4 Å². The summed E-state index contributed by atoms with van der Waals surface area (Å²) in [5.74, 6) is 0. The molecule has 0 fully saturated rings. The molecule has 0 spiro atoms. The lowest BCUT2D eigenvalue weighted by Crippen LogP contribution is -2.10. The van der Waals surface area contributed by atoms with Crippen molar-refractivity contribution in [1.82, 2.24) is 15.1 Å². The van der Waals surface area contributed by atoms with Crippen LogP contribution < -0.4 is 5.32 Å². The highest BCUT2D eigenvalue weighted by atomic mass is 15.3. The van der Waals surface area contributed by atoms with Crippen LogP contribution in [0.5, 0.6) is 0 Å². The maximum absolute atomic E-state index is 4.41. The van der Waals surface area contributed by atoms with Crippen LogP contribution in [0.15, 0.2) is 30.5 Å². The van der Waals surface area contributed by atoms with E-state index in [0.29, 0.717) is 0 Å². The number of rotatable bonds is 5. The van der Waals surface area contributed by atoms with Crippen LogP contribution in [0.1, 0.15) is 17.7 Å². The van der Waals surface area contributed by atoms with E-state index in [9.17, 15) is 0 Å². The number of nitrogens with one attached hydrogen (secondary N) is 1. The molecule has 0 saturated carbocycles. The van der Waals surface area contributed by atoms with Gasteiger partial charge < -0.3 is 5.32 Å². The maximum Gasteiger partial charge on any atom is 0.0571 e. The first-order chi connectivity index (χ1) is 8.74. The van der Waals surface area contributed by atoms with Crippen molar-refractivity contribution >= 4 is 0 Å². The minimum atomic E-state index is 1.04. The Hall–Kier alpha value is -1.61. The Morgan fingerprint density at radius 2 is 2.00 bits per heavy atom. The van der Waals surface area contributed by atoms with Gasteiger partial charge in [0.25, 0.3) is 0 Å². The number of hydrogen-bond acceptors (Lipinski definition) is 2. The van der Waals surface area contributed by atoms with Crippen LogP contribution in [-0.4, -0.2) is 23.4 Å². The molecule has 3 heteroatoms. The molecule has 0 radical (unpaired) electrons. The maximum atomic E-state index is 4.41. The molecular formula is C15H21N3. The molecule has 1 aromatic heterocycles. The van der Waals surface area contributed by atoms with E-state index in [4.69, 9.17) is 0 Å². The normalized spacial score (nSPS) is 10.8. The van der Waals surface area contributed by atoms with Crippen molar-refractivity contribution in [3.63, 3.8) is 0 Å². The molecule has 0 aliphatic carbocycles. The molecule has 0 atom stereocenters. The summed E-state index contributed by atoms with van der Waals surface area (Å²) >= 11 is 0. The highest BCUT2D eigenvalue weighted by Crippen LogP contribution is 2.26. The quantitative estimate of drug-likeness (QED) is 0.818. The van der Waals surface area contributed by atoms with E-state index in [-0.39, 0.29) is 0 Å². The molecular weight excluding hydrogens is 222 g/mol. The van der Waals surface area contributed by atoms with Gasteiger partial charge >= 0.3 is 0 Å². The fourth-order valence-electron chi connectivity index (χ4n) is 2.29. The summed E-state index contributed by atoms with van der Waals surface area (Å²) in [4.78, 5) is 0. The molecule has 0 saturated heterocycles. The summed E-state index contributed by atoms with van der Waals surface area (Å²) in [5.41, 5.74) is 5.19. The van der Waals surface area contributed by atoms with E-state index < -0.39 is 0 Å². The molecule has 1 heterocycles. The monoisotopic (exact) mass is 243 g/mol. The predicted molar refractivity (Wildman–Crippen MR) is 75.6 cm³/mol. The third-order valence-corrected chi connectivity index (χ3v) is 3.34. The summed E-state index contributed by atoms with van der Waals surface area (Å²) in [6.07, 6.45) is 4.17. The Morgan fingerprint density at radius 3 is 2.72 bits per heavy atom. The minimum absolute atomic E-state index is 1.04. The van der Waals surface area contributed by atoms with Crippen molar-refractivity contribution in [2.45, 2.75) is 19.8 Å². The van der Waals surface area contributed by atoms with Gasteiger partial charge in [0.05, 0.1) is 6.20 Å². The lowest BCUT2D eigenvalue weighted by molar-refractivity contribution is 0.660. The van der Waals surface area contributed by atoms with E-state index in [2.05, 4.69) is 41.6 Å². The first kappa shape index (κ1) is 12.8. The van der Waals surface area contributed by atoms with Gasteiger partial charge in [-0.1, -0.05) is 24.3 Å². The zero-order chi connectivity index (χ0) is 13.0. The van der Waals surface area contributed by atoms with Gasteiger partial charge in [-0.2, -0.15) is 5.10 Å². The zero-order valence-electron chi connectivity index (χ0n) is 11.4. The smallest absolute Gasteiger partial charge is 0.0571 e. The molecule has 0 unspecified atom stereocenters. The van der Waals surface area contributed by atoms with E-state index in [1.807, 2.05) is 25.0 Å². The second-order valence-electron chi connectivity index (χ2n) is 4.65. The molecule has 96 valence electrons. The molecule has 0 bridgehead atoms. The summed E-state index contributed by atoms with van der Waals surface area (Å²) in [6.45, 7) is 3.19. The molecule has 1 N–H and O–H groups in total. The number of aryl methyl sites for hydroxylation is 2. The second-order valence-corrected chi connectivity index (χ2v) is 4.65. The Balaban J connectivity index is 2.31. The van der Waals surface area contributed by atoms with E-state index in [1.165, 1.54) is 22.4 Å². The fraction of sp³-hybridized carbons (Fsp3) is 0.400. The van der Waals surface area contributed by atoms with Gasteiger partial charge in [0.1, 0.15) is 0 Å². The Morgan fingerprint density at radius 1 is 1.22 bits per heavy atom. The van der Waals surface area contributed by atoms with Gasteiger partial charge in [-0.05, 0) is 44.5 Å². The highest BCUT2D eigenvalue weighted by molar-refractivity contribution is 5.68. The minimum Gasteiger partial charge on any atom is -0.320 e. The average molecular weight is 243 g/mol. The summed E-state index contributed by atoms with van der Waals surface area (Å²) in [7, 11) is 4.02. The van der Waals surface area contributed by atoms with Crippen molar-refractivity contribution < 1.29 is 0 Å². The second kappa shape index (κ2) is 5.83. The van der Waals surface area contributed by atoms with Crippen LogP contribution in [0.3, 0.4) is 0 Å². The molecule has 2 rings (SSSR count). The van der Waals surface area contributed by atoms with Gasteiger partial charge in [-0.25, -0.2) is 0 Å². The van der Waals surface area contributed by atoms with Gasteiger partial charge in [-0.3, -0.25) is 4.68 Å². The zero-order valence-corrected chi connectivity index (χ0v) is 11.4. The van der Waals surface area contributed by atoms with Gasteiger partial charge in [0.15, 0.2) is 0 Å². The molecule has 3 nitrogen and oxygen atoms in total. The van der Waals surface area contributed by atoms with Crippen molar-refractivity contribution in [2.75, 3.05) is 13.6 Å². The van der Waals surface area contributed by atoms with Crippen LogP contribution >= 0.6 is 0 Å². The summed E-state index contributed by atoms with van der Waals surface area (Å²) in [5, 5.41) is 7.60. The van der Waals surface area contributed by atoms with E-state index >= 15 is 0 Å².